The monoisotopic (exact) mass is 460 g/mol. The van der Waals surface area contributed by atoms with E-state index in [4.69, 9.17) is 4.74 Å². The number of aryl methyl sites for hydroxylation is 1. The maximum absolute atomic E-state index is 5.45. The van der Waals surface area contributed by atoms with Crippen LogP contribution in [0, 0.1) is 12.8 Å². The Morgan fingerprint density at radius 3 is 2.64 bits per heavy atom. The topological polar surface area (TPSA) is 48.9 Å². The molecule has 1 aromatic carbocycles. The molecule has 142 valence electrons. The second kappa shape index (κ2) is 11.6. The Morgan fingerprint density at radius 1 is 1.28 bits per heavy atom. The zero-order chi connectivity index (χ0) is 17.4. The van der Waals surface area contributed by atoms with Crippen LogP contribution in [0.4, 0.5) is 0 Å². The van der Waals surface area contributed by atoms with Crippen molar-refractivity contribution in [3.05, 3.63) is 29.3 Å². The highest BCUT2D eigenvalue weighted by atomic mass is 127. The minimum absolute atomic E-state index is 0. The maximum Gasteiger partial charge on any atom is 0.191 e. The quantitative estimate of drug-likeness (QED) is 0.390. The highest BCUT2D eigenvalue weighted by molar-refractivity contribution is 14.0. The molecule has 2 N–H and O–H groups in total. The number of methoxy groups -OCH3 is 1. The SMILES string of the molecule is CN=C(NCCN1CCC(C)CC1)NCc1ccc(C)cc1OC.I. The molecule has 5 nitrogen and oxygen atoms in total. The molecule has 0 spiro atoms. The van der Waals surface area contributed by atoms with Gasteiger partial charge in [-0.05, 0) is 50.4 Å². The molecule has 1 saturated heterocycles. The summed E-state index contributed by atoms with van der Waals surface area (Å²) in [6.45, 7) is 9.54. The summed E-state index contributed by atoms with van der Waals surface area (Å²) in [6, 6.07) is 6.26. The highest BCUT2D eigenvalue weighted by Gasteiger charge is 2.15. The lowest BCUT2D eigenvalue weighted by atomic mass is 9.99. The van der Waals surface area contributed by atoms with Gasteiger partial charge in [0, 0.05) is 32.2 Å². The van der Waals surface area contributed by atoms with Crippen molar-refractivity contribution in [3.63, 3.8) is 0 Å². The van der Waals surface area contributed by atoms with Crippen molar-refractivity contribution in [2.75, 3.05) is 40.3 Å². The van der Waals surface area contributed by atoms with Gasteiger partial charge in [-0.1, -0.05) is 19.1 Å². The first-order valence-corrected chi connectivity index (χ1v) is 8.92. The van der Waals surface area contributed by atoms with Crippen LogP contribution >= 0.6 is 24.0 Å². The molecule has 1 aromatic rings. The lowest BCUT2D eigenvalue weighted by Crippen LogP contribution is -2.43. The van der Waals surface area contributed by atoms with Gasteiger partial charge in [0.15, 0.2) is 5.96 Å². The van der Waals surface area contributed by atoms with Gasteiger partial charge >= 0.3 is 0 Å². The number of hydrogen-bond acceptors (Lipinski definition) is 3. The first-order chi connectivity index (χ1) is 11.6. The number of likely N-dealkylation sites (tertiary alicyclic amines) is 1. The summed E-state index contributed by atoms with van der Waals surface area (Å²) in [5.74, 6) is 2.64. The van der Waals surface area contributed by atoms with Gasteiger partial charge in [0.25, 0.3) is 0 Å². The molecule has 0 unspecified atom stereocenters. The van der Waals surface area contributed by atoms with Gasteiger partial charge < -0.3 is 20.3 Å². The third-order valence-corrected chi connectivity index (χ3v) is 4.71. The largest absolute Gasteiger partial charge is 0.496 e. The zero-order valence-electron chi connectivity index (χ0n) is 16.0. The highest BCUT2D eigenvalue weighted by Crippen LogP contribution is 2.19. The molecule has 0 aromatic heterocycles. The van der Waals surface area contributed by atoms with Gasteiger partial charge in [-0.2, -0.15) is 0 Å². The fraction of sp³-hybridized carbons (Fsp3) is 0.632. The van der Waals surface area contributed by atoms with Crippen LogP contribution in [0.2, 0.25) is 0 Å². The van der Waals surface area contributed by atoms with E-state index in [0.29, 0.717) is 6.54 Å². The van der Waals surface area contributed by atoms with E-state index in [9.17, 15) is 0 Å². The number of halogens is 1. The molecule has 6 heteroatoms. The van der Waals surface area contributed by atoms with Crippen molar-refractivity contribution >= 4 is 29.9 Å². The van der Waals surface area contributed by atoms with E-state index < -0.39 is 0 Å². The fourth-order valence-electron chi connectivity index (χ4n) is 3.02. The number of nitrogens with zero attached hydrogens (tertiary/aromatic N) is 2. The molecular formula is C19H33IN4O. The Balaban J connectivity index is 0.00000312. The molecule has 0 atom stereocenters. The van der Waals surface area contributed by atoms with E-state index in [1.54, 1.807) is 7.11 Å². The van der Waals surface area contributed by atoms with Crippen LogP contribution < -0.4 is 15.4 Å². The van der Waals surface area contributed by atoms with Crippen molar-refractivity contribution < 1.29 is 4.74 Å². The fourth-order valence-corrected chi connectivity index (χ4v) is 3.02. The van der Waals surface area contributed by atoms with Crippen LogP contribution in [0.1, 0.15) is 30.9 Å². The Hall–Kier alpha value is -1.02. The molecule has 0 aliphatic carbocycles. The Bertz CT molecular complexity index is 542. The van der Waals surface area contributed by atoms with Crippen LogP contribution in [-0.2, 0) is 6.54 Å². The second-order valence-electron chi connectivity index (χ2n) is 6.69. The van der Waals surface area contributed by atoms with E-state index >= 15 is 0 Å². The van der Waals surface area contributed by atoms with E-state index in [1.165, 1.54) is 31.5 Å². The molecule has 0 radical (unpaired) electrons. The van der Waals surface area contributed by atoms with Crippen molar-refractivity contribution in [1.82, 2.24) is 15.5 Å². The first kappa shape index (κ1) is 22.0. The predicted octanol–water partition coefficient (Wildman–Crippen LogP) is 3.02. The van der Waals surface area contributed by atoms with Gasteiger partial charge in [0.2, 0.25) is 0 Å². The lowest BCUT2D eigenvalue weighted by molar-refractivity contribution is 0.195. The molecule has 25 heavy (non-hydrogen) atoms. The maximum atomic E-state index is 5.45. The number of aliphatic imine (C=N–C) groups is 1. The van der Waals surface area contributed by atoms with Crippen LogP contribution in [0.15, 0.2) is 23.2 Å². The average molecular weight is 460 g/mol. The smallest absolute Gasteiger partial charge is 0.191 e. The molecule has 1 heterocycles. The molecule has 1 fully saturated rings. The van der Waals surface area contributed by atoms with Crippen molar-refractivity contribution in [1.29, 1.82) is 0 Å². The van der Waals surface area contributed by atoms with Crippen LogP contribution in [-0.4, -0.2) is 51.2 Å². The zero-order valence-corrected chi connectivity index (χ0v) is 18.3. The number of hydrogen-bond donors (Lipinski definition) is 2. The third kappa shape index (κ3) is 7.40. The number of ether oxygens (including phenoxy) is 1. The Labute approximate surface area is 169 Å². The van der Waals surface area contributed by atoms with E-state index in [2.05, 4.69) is 52.6 Å². The summed E-state index contributed by atoms with van der Waals surface area (Å²) in [6.07, 6.45) is 2.64. The Kier molecular flexibility index (Phi) is 10.2. The molecule has 1 aliphatic heterocycles. The summed E-state index contributed by atoms with van der Waals surface area (Å²) in [7, 11) is 3.52. The minimum atomic E-state index is 0. The van der Waals surface area contributed by atoms with Gasteiger partial charge in [-0.3, -0.25) is 4.99 Å². The van der Waals surface area contributed by atoms with Gasteiger partial charge in [0.1, 0.15) is 5.75 Å². The molecule has 0 saturated carbocycles. The van der Waals surface area contributed by atoms with E-state index in [0.717, 1.165) is 36.3 Å². The summed E-state index contributed by atoms with van der Waals surface area (Å²) >= 11 is 0. The van der Waals surface area contributed by atoms with Crippen molar-refractivity contribution in [2.45, 2.75) is 33.2 Å². The standard InChI is InChI=1S/C19H32N4O.HI/c1-15-7-10-23(11-8-15)12-9-21-19(20-3)22-14-17-6-5-16(2)13-18(17)24-4;/h5-6,13,15H,7-12,14H2,1-4H3,(H2,20,21,22);1H. The number of rotatable bonds is 6. The summed E-state index contributed by atoms with van der Waals surface area (Å²) in [5, 5.41) is 6.77. The Morgan fingerprint density at radius 2 is 2.00 bits per heavy atom. The summed E-state index contributed by atoms with van der Waals surface area (Å²) in [5.41, 5.74) is 2.34. The first-order valence-electron chi connectivity index (χ1n) is 8.92. The molecular weight excluding hydrogens is 427 g/mol. The predicted molar refractivity (Wildman–Crippen MR) is 116 cm³/mol. The molecule has 2 rings (SSSR count). The van der Waals surface area contributed by atoms with Gasteiger partial charge in [-0.25, -0.2) is 0 Å². The van der Waals surface area contributed by atoms with Crippen molar-refractivity contribution in [3.8, 4) is 5.75 Å². The van der Waals surface area contributed by atoms with Crippen LogP contribution in [0.3, 0.4) is 0 Å². The lowest BCUT2D eigenvalue weighted by Gasteiger charge is -2.30. The number of guanidine groups is 1. The number of nitrogens with one attached hydrogen (secondary N) is 2. The third-order valence-electron chi connectivity index (χ3n) is 4.71. The van der Waals surface area contributed by atoms with Gasteiger partial charge in [0.05, 0.1) is 7.11 Å². The summed E-state index contributed by atoms with van der Waals surface area (Å²) in [4.78, 5) is 6.84. The number of benzene rings is 1. The molecule has 0 amide bonds. The van der Waals surface area contributed by atoms with E-state index in [1.807, 2.05) is 7.05 Å². The summed E-state index contributed by atoms with van der Waals surface area (Å²) < 4.78 is 5.45. The normalized spacial score (nSPS) is 16.2. The average Bonchev–Trinajstić information content (AvgIpc) is 2.60. The minimum Gasteiger partial charge on any atom is -0.496 e. The van der Waals surface area contributed by atoms with E-state index in [-0.39, 0.29) is 24.0 Å². The van der Waals surface area contributed by atoms with Crippen LogP contribution in [0.5, 0.6) is 5.75 Å². The van der Waals surface area contributed by atoms with Crippen LogP contribution in [0.25, 0.3) is 0 Å². The van der Waals surface area contributed by atoms with Gasteiger partial charge in [-0.15, -0.1) is 24.0 Å². The van der Waals surface area contributed by atoms with Crippen molar-refractivity contribution in [2.24, 2.45) is 10.9 Å². The molecule has 0 bridgehead atoms. The number of piperidine rings is 1. The second-order valence-corrected chi connectivity index (χ2v) is 6.69. The molecule has 1 aliphatic rings.